The zero-order valence-corrected chi connectivity index (χ0v) is 23.7. The van der Waals surface area contributed by atoms with Crippen molar-refractivity contribution in [2.24, 2.45) is 18.9 Å². The molecule has 3 atom stereocenters. The molecule has 2 N–H and O–H groups in total. The number of aryl methyl sites for hydroxylation is 1. The summed E-state index contributed by atoms with van der Waals surface area (Å²) in [7, 11) is -0.118. The third-order valence-corrected chi connectivity index (χ3v) is 8.93. The van der Waals surface area contributed by atoms with E-state index >= 15 is 0 Å². The summed E-state index contributed by atoms with van der Waals surface area (Å²) in [5.74, 6) is 0.833. The van der Waals surface area contributed by atoms with Gasteiger partial charge in [-0.25, -0.2) is 4.98 Å². The first-order chi connectivity index (χ1) is 18.1. The highest BCUT2D eigenvalue weighted by atomic mass is 32.2. The van der Waals surface area contributed by atoms with Crippen LogP contribution in [0, 0.1) is 11.8 Å². The average molecular weight is 548 g/mol. The van der Waals surface area contributed by atoms with E-state index in [9.17, 15) is 18.3 Å². The number of ether oxygens (including phenoxy) is 1. The van der Waals surface area contributed by atoms with Gasteiger partial charge in [0.2, 0.25) is 0 Å². The lowest BCUT2D eigenvalue weighted by Gasteiger charge is -2.38. The number of nitrogens with zero attached hydrogens (tertiary/aromatic N) is 4. The van der Waals surface area contributed by atoms with E-state index in [1.807, 2.05) is 6.92 Å². The Bertz CT molecular complexity index is 1210. The zero-order valence-electron chi connectivity index (χ0n) is 22.8. The van der Waals surface area contributed by atoms with Crippen LogP contribution >= 0.6 is 0 Å². The van der Waals surface area contributed by atoms with Gasteiger partial charge in [0, 0.05) is 44.5 Å². The van der Waals surface area contributed by atoms with E-state index in [4.69, 9.17) is 4.74 Å². The third kappa shape index (κ3) is 6.68. The topological polar surface area (TPSA) is 117 Å². The van der Waals surface area contributed by atoms with E-state index in [1.54, 1.807) is 28.6 Å². The van der Waals surface area contributed by atoms with Gasteiger partial charge in [0.05, 0.1) is 24.5 Å². The van der Waals surface area contributed by atoms with Gasteiger partial charge >= 0.3 is 0 Å². The zero-order chi connectivity index (χ0) is 27.4. The van der Waals surface area contributed by atoms with Gasteiger partial charge in [-0.05, 0) is 50.9 Å². The number of sulfonamides is 1. The van der Waals surface area contributed by atoms with Gasteiger partial charge in [-0.3, -0.25) is 9.52 Å². The fourth-order valence-corrected chi connectivity index (χ4v) is 6.46. The first-order valence-corrected chi connectivity index (χ1v) is 15.0. The predicted molar refractivity (Wildman–Crippen MR) is 146 cm³/mol. The summed E-state index contributed by atoms with van der Waals surface area (Å²) >= 11 is 0. The van der Waals surface area contributed by atoms with Crippen LogP contribution in [0.4, 0.5) is 5.69 Å². The molecule has 38 heavy (non-hydrogen) atoms. The molecule has 1 aliphatic heterocycles. The molecule has 1 amide bonds. The number of aliphatic hydroxyl groups excluding tert-OH is 1. The Morgan fingerprint density at radius 3 is 2.63 bits per heavy atom. The number of nitrogens with one attached hydrogen (secondary N) is 1. The first-order valence-electron chi connectivity index (χ1n) is 13.5. The van der Waals surface area contributed by atoms with Crippen LogP contribution in [0.3, 0.4) is 0 Å². The predicted octanol–water partition coefficient (Wildman–Crippen LogP) is 2.95. The van der Waals surface area contributed by atoms with Crippen LogP contribution in [0.2, 0.25) is 0 Å². The van der Waals surface area contributed by atoms with Gasteiger partial charge in [-0.15, -0.1) is 0 Å². The Morgan fingerprint density at radius 2 is 1.97 bits per heavy atom. The Labute approximate surface area is 226 Å². The summed E-state index contributed by atoms with van der Waals surface area (Å²) in [6.07, 6.45) is 9.09. The number of likely N-dealkylation sites (N-methyl/N-ethyl adjacent to an activating group) is 1. The standard InChI is InChI=1S/C27H41N5O5S/c1-19-13-32(20(2)17-33)27(34)23-12-22(29-38(35,36)26-16-31(4)18-28-26)10-11-24(23)37-25(19)15-30(3)14-21-8-6-5-7-9-21/h10-12,16,18-21,25,29,33H,5-9,13-15,17H2,1-4H3/t19-,20+,25-/m1/s1. The molecule has 2 heterocycles. The number of amides is 1. The van der Waals surface area contributed by atoms with Crippen LogP contribution in [0.1, 0.15) is 56.3 Å². The molecule has 2 aromatic rings. The molecule has 11 heteroatoms. The molecule has 0 radical (unpaired) electrons. The van der Waals surface area contributed by atoms with Gasteiger partial charge in [-0.1, -0.05) is 26.2 Å². The maximum absolute atomic E-state index is 13.6. The fourth-order valence-electron chi connectivity index (χ4n) is 5.43. The fraction of sp³-hybridized carbons (Fsp3) is 0.630. The second-order valence-corrected chi connectivity index (χ2v) is 12.7. The number of carbonyl (C=O) groups excluding carboxylic acids is 1. The first kappa shape index (κ1) is 28.4. The molecule has 4 rings (SSSR count). The monoisotopic (exact) mass is 547 g/mol. The molecular formula is C27H41N5O5S. The largest absolute Gasteiger partial charge is 0.488 e. The molecule has 2 aliphatic rings. The molecule has 0 bridgehead atoms. The van der Waals surface area contributed by atoms with Crippen molar-refractivity contribution in [2.75, 3.05) is 38.0 Å². The molecule has 1 fully saturated rings. The molecule has 210 valence electrons. The van der Waals surface area contributed by atoms with Crippen LogP contribution in [0.5, 0.6) is 5.75 Å². The van der Waals surface area contributed by atoms with E-state index in [0.29, 0.717) is 24.8 Å². The van der Waals surface area contributed by atoms with Crippen molar-refractivity contribution in [1.29, 1.82) is 0 Å². The van der Waals surface area contributed by atoms with Gasteiger partial charge in [0.25, 0.3) is 15.9 Å². The minimum Gasteiger partial charge on any atom is -0.488 e. The van der Waals surface area contributed by atoms with Gasteiger partial charge in [0.15, 0.2) is 5.03 Å². The van der Waals surface area contributed by atoms with Crippen molar-refractivity contribution in [2.45, 2.75) is 63.1 Å². The molecule has 10 nitrogen and oxygen atoms in total. The number of fused-ring (bicyclic) bond motifs is 1. The molecule has 0 spiro atoms. The molecule has 1 aromatic heterocycles. The van der Waals surface area contributed by atoms with E-state index in [-0.39, 0.29) is 40.8 Å². The summed E-state index contributed by atoms with van der Waals surface area (Å²) < 4.78 is 36.2. The van der Waals surface area contributed by atoms with Crippen molar-refractivity contribution >= 4 is 21.6 Å². The van der Waals surface area contributed by atoms with Crippen molar-refractivity contribution in [3.05, 3.63) is 36.3 Å². The summed E-state index contributed by atoms with van der Waals surface area (Å²) in [4.78, 5) is 21.6. The Balaban J connectivity index is 1.60. The number of aromatic nitrogens is 2. The Kier molecular flexibility index (Phi) is 9.00. The highest BCUT2D eigenvalue weighted by Crippen LogP contribution is 2.32. The third-order valence-electron chi connectivity index (χ3n) is 7.66. The van der Waals surface area contributed by atoms with Crippen molar-refractivity contribution in [1.82, 2.24) is 19.4 Å². The van der Waals surface area contributed by atoms with Crippen LogP contribution in [0.25, 0.3) is 0 Å². The van der Waals surface area contributed by atoms with Crippen LogP contribution in [-0.2, 0) is 17.1 Å². The summed E-state index contributed by atoms with van der Waals surface area (Å²) in [5, 5.41) is 9.78. The number of hydrogen-bond acceptors (Lipinski definition) is 7. The molecule has 0 saturated heterocycles. The normalized spacial score (nSPS) is 21.9. The number of aliphatic hydroxyl groups is 1. The molecule has 1 saturated carbocycles. The Morgan fingerprint density at radius 1 is 1.24 bits per heavy atom. The van der Waals surface area contributed by atoms with Crippen molar-refractivity contribution < 1.29 is 23.1 Å². The molecule has 0 unspecified atom stereocenters. The summed E-state index contributed by atoms with van der Waals surface area (Å²) in [5.41, 5.74) is 0.501. The highest BCUT2D eigenvalue weighted by Gasteiger charge is 2.34. The Hall–Kier alpha value is -2.63. The van der Waals surface area contributed by atoms with Gasteiger partial charge in [0.1, 0.15) is 11.9 Å². The van der Waals surface area contributed by atoms with E-state index in [1.165, 1.54) is 50.7 Å². The van der Waals surface area contributed by atoms with Crippen LogP contribution < -0.4 is 9.46 Å². The minimum atomic E-state index is -3.93. The number of rotatable bonds is 9. The van der Waals surface area contributed by atoms with Crippen LogP contribution in [0.15, 0.2) is 35.7 Å². The average Bonchev–Trinajstić information content (AvgIpc) is 3.34. The van der Waals surface area contributed by atoms with Crippen molar-refractivity contribution in [3.63, 3.8) is 0 Å². The van der Waals surface area contributed by atoms with Gasteiger partial charge < -0.3 is 24.2 Å². The minimum absolute atomic E-state index is 0.0252. The SMILES string of the molecule is C[C@@H]1CN([C@@H](C)CO)C(=O)c2cc(NS(=O)(=O)c3cn(C)cn3)ccc2O[C@@H]1CN(C)CC1CCCCC1. The summed E-state index contributed by atoms with van der Waals surface area (Å²) in [6.45, 7) is 5.86. The lowest BCUT2D eigenvalue weighted by molar-refractivity contribution is 0.0330. The van der Waals surface area contributed by atoms with E-state index in [2.05, 4.69) is 28.6 Å². The smallest absolute Gasteiger partial charge is 0.280 e. The second-order valence-electron chi connectivity index (χ2n) is 11.0. The lowest BCUT2D eigenvalue weighted by atomic mass is 9.89. The maximum atomic E-state index is 13.6. The van der Waals surface area contributed by atoms with E-state index < -0.39 is 16.1 Å². The van der Waals surface area contributed by atoms with Crippen LogP contribution in [-0.4, -0.2) is 84.2 Å². The number of anilines is 1. The molecular weight excluding hydrogens is 506 g/mol. The van der Waals surface area contributed by atoms with E-state index in [0.717, 1.165) is 6.54 Å². The second kappa shape index (κ2) is 12.0. The molecule has 1 aliphatic carbocycles. The number of imidazole rings is 1. The highest BCUT2D eigenvalue weighted by molar-refractivity contribution is 7.92. The molecule has 1 aromatic carbocycles. The quantitative estimate of drug-likeness (QED) is 0.496. The summed E-state index contributed by atoms with van der Waals surface area (Å²) in [6, 6.07) is 4.36. The number of carbonyl (C=O) groups is 1. The maximum Gasteiger partial charge on any atom is 0.280 e. The van der Waals surface area contributed by atoms with Gasteiger partial charge in [-0.2, -0.15) is 8.42 Å². The number of hydrogen-bond donors (Lipinski definition) is 2. The number of benzene rings is 1. The lowest BCUT2D eigenvalue weighted by Crippen LogP contribution is -2.50. The van der Waals surface area contributed by atoms with Crippen molar-refractivity contribution in [3.8, 4) is 5.75 Å².